The maximum absolute atomic E-state index is 13.9. The van der Waals surface area contributed by atoms with Gasteiger partial charge in [0.05, 0.1) is 24.5 Å². The van der Waals surface area contributed by atoms with Gasteiger partial charge in [0.2, 0.25) is 6.10 Å². The molecule has 2 unspecified atom stereocenters. The van der Waals surface area contributed by atoms with Crippen molar-refractivity contribution in [2.45, 2.75) is 26.1 Å². The van der Waals surface area contributed by atoms with E-state index in [0.717, 1.165) is 35.6 Å². The lowest BCUT2D eigenvalue weighted by Gasteiger charge is -2.34. The lowest BCUT2D eigenvalue weighted by molar-refractivity contribution is -0.130. The first-order chi connectivity index (χ1) is 16.6. The number of rotatable bonds is 7. The number of morpholine rings is 1. The lowest BCUT2D eigenvalue weighted by Crippen LogP contribution is -2.52. The molecule has 180 valence electrons. The molecule has 0 saturated carbocycles. The molecule has 0 spiro atoms. The minimum Gasteiger partial charge on any atom is -0.492 e. The van der Waals surface area contributed by atoms with E-state index in [1.165, 1.54) is 11.3 Å². The Morgan fingerprint density at radius 2 is 1.91 bits per heavy atom. The number of nitrogens with zero attached hydrogens (tertiary/aromatic N) is 3. The van der Waals surface area contributed by atoms with E-state index in [1.807, 2.05) is 56.3 Å². The second kappa shape index (κ2) is 10.2. The van der Waals surface area contributed by atoms with Crippen LogP contribution in [0.5, 0.6) is 17.2 Å². The number of benzene rings is 2. The molecule has 2 aliphatic rings. The number of carbonyl (C=O) groups excluding carboxylic acids is 1. The standard InChI is InChI=1S/C25H29N3O5S/c1-3-31-20-9-6-10-21-22(20)26-25(34-21)28(12-11-27-13-15-30-16-14-27)24(29)23-17(2)32-18-7-4-5-8-19(18)33-23/h4-10,17,23H,3,11-16H2,1-2H3. The zero-order valence-corrected chi connectivity index (χ0v) is 20.3. The Hall–Kier alpha value is -2.88. The van der Waals surface area contributed by atoms with E-state index < -0.39 is 12.2 Å². The van der Waals surface area contributed by atoms with Crippen molar-refractivity contribution in [1.82, 2.24) is 9.88 Å². The normalized spacial score (nSPS) is 20.3. The summed E-state index contributed by atoms with van der Waals surface area (Å²) in [6, 6.07) is 13.3. The van der Waals surface area contributed by atoms with E-state index >= 15 is 0 Å². The van der Waals surface area contributed by atoms with Crippen molar-refractivity contribution in [3.8, 4) is 17.2 Å². The van der Waals surface area contributed by atoms with Crippen molar-refractivity contribution in [1.29, 1.82) is 0 Å². The second-order valence-electron chi connectivity index (χ2n) is 8.28. The van der Waals surface area contributed by atoms with Gasteiger partial charge >= 0.3 is 0 Å². The van der Waals surface area contributed by atoms with Crippen molar-refractivity contribution in [3.05, 3.63) is 42.5 Å². The smallest absolute Gasteiger partial charge is 0.273 e. The van der Waals surface area contributed by atoms with E-state index in [0.29, 0.717) is 43.0 Å². The van der Waals surface area contributed by atoms with Crippen molar-refractivity contribution in [3.63, 3.8) is 0 Å². The maximum atomic E-state index is 13.9. The summed E-state index contributed by atoms with van der Waals surface area (Å²) in [7, 11) is 0. The molecule has 8 nitrogen and oxygen atoms in total. The number of fused-ring (bicyclic) bond motifs is 2. The number of hydrogen-bond acceptors (Lipinski definition) is 8. The molecule has 9 heteroatoms. The zero-order valence-electron chi connectivity index (χ0n) is 19.4. The van der Waals surface area contributed by atoms with Gasteiger partial charge in [-0.1, -0.05) is 29.5 Å². The van der Waals surface area contributed by atoms with E-state index in [9.17, 15) is 4.79 Å². The molecule has 1 aromatic heterocycles. The Morgan fingerprint density at radius 3 is 2.68 bits per heavy atom. The van der Waals surface area contributed by atoms with Crippen molar-refractivity contribution < 1.29 is 23.7 Å². The van der Waals surface area contributed by atoms with Crippen LogP contribution in [0.4, 0.5) is 5.13 Å². The third-order valence-electron chi connectivity index (χ3n) is 6.00. The quantitative estimate of drug-likeness (QED) is 0.509. The highest BCUT2D eigenvalue weighted by Gasteiger charge is 2.38. The summed E-state index contributed by atoms with van der Waals surface area (Å²) in [5.41, 5.74) is 0.771. The Balaban J connectivity index is 1.45. The van der Waals surface area contributed by atoms with Crippen LogP contribution in [0.1, 0.15) is 13.8 Å². The van der Waals surface area contributed by atoms with Crippen molar-refractivity contribution in [2.75, 3.05) is 50.9 Å². The predicted molar refractivity (Wildman–Crippen MR) is 131 cm³/mol. The summed E-state index contributed by atoms with van der Waals surface area (Å²) in [5, 5.41) is 0.634. The van der Waals surface area contributed by atoms with Gasteiger partial charge in [-0.2, -0.15) is 0 Å². The maximum Gasteiger partial charge on any atom is 0.273 e. The molecule has 3 aromatic rings. The number of anilines is 1. The monoisotopic (exact) mass is 483 g/mol. The fourth-order valence-electron chi connectivity index (χ4n) is 4.21. The number of thiazole rings is 1. The van der Waals surface area contributed by atoms with Crippen LogP contribution in [-0.2, 0) is 9.53 Å². The van der Waals surface area contributed by atoms with Crippen LogP contribution >= 0.6 is 11.3 Å². The molecule has 2 atom stereocenters. The van der Waals surface area contributed by atoms with Crippen LogP contribution in [-0.4, -0.2) is 74.0 Å². The molecule has 0 radical (unpaired) electrons. The number of carbonyl (C=O) groups is 1. The average molecular weight is 484 g/mol. The van der Waals surface area contributed by atoms with Crippen molar-refractivity contribution in [2.24, 2.45) is 0 Å². The van der Waals surface area contributed by atoms with Gasteiger partial charge in [-0.25, -0.2) is 4.98 Å². The zero-order chi connectivity index (χ0) is 23.5. The first kappa shape index (κ1) is 22.9. The van der Waals surface area contributed by atoms with Gasteiger partial charge in [-0.3, -0.25) is 14.6 Å². The average Bonchev–Trinajstić information content (AvgIpc) is 3.29. The highest BCUT2D eigenvalue weighted by Crippen LogP contribution is 2.37. The van der Waals surface area contributed by atoms with Gasteiger partial charge in [0, 0.05) is 26.2 Å². The Bertz CT molecular complexity index is 1150. The molecular formula is C25H29N3O5S. The molecule has 34 heavy (non-hydrogen) atoms. The van der Waals surface area contributed by atoms with E-state index in [2.05, 4.69) is 4.90 Å². The number of amides is 1. The van der Waals surface area contributed by atoms with E-state index in [-0.39, 0.29) is 5.91 Å². The number of hydrogen-bond donors (Lipinski definition) is 0. The largest absolute Gasteiger partial charge is 0.492 e. The van der Waals surface area contributed by atoms with Gasteiger partial charge in [0.15, 0.2) is 16.6 Å². The summed E-state index contributed by atoms with van der Waals surface area (Å²) in [4.78, 5) is 22.8. The first-order valence-electron chi connectivity index (χ1n) is 11.7. The predicted octanol–water partition coefficient (Wildman–Crippen LogP) is 3.59. The molecule has 5 rings (SSSR count). The molecule has 1 amide bonds. The first-order valence-corrected chi connectivity index (χ1v) is 12.5. The number of ether oxygens (including phenoxy) is 4. The summed E-state index contributed by atoms with van der Waals surface area (Å²) in [5.74, 6) is 1.80. The number of aromatic nitrogens is 1. The summed E-state index contributed by atoms with van der Waals surface area (Å²) in [6.07, 6.45) is -1.19. The molecule has 0 N–H and O–H groups in total. The Labute approximate surface area is 203 Å². The fourth-order valence-corrected chi connectivity index (χ4v) is 5.22. The van der Waals surface area contributed by atoms with Crippen LogP contribution in [0.3, 0.4) is 0 Å². The Morgan fingerprint density at radius 1 is 1.15 bits per heavy atom. The summed E-state index contributed by atoms with van der Waals surface area (Å²) >= 11 is 1.49. The fraction of sp³-hybridized carbons (Fsp3) is 0.440. The van der Waals surface area contributed by atoms with Gasteiger partial charge in [-0.05, 0) is 38.1 Å². The van der Waals surface area contributed by atoms with Gasteiger partial charge in [-0.15, -0.1) is 0 Å². The van der Waals surface area contributed by atoms with Crippen LogP contribution < -0.4 is 19.1 Å². The van der Waals surface area contributed by atoms with Crippen molar-refractivity contribution >= 4 is 32.6 Å². The molecule has 1 fully saturated rings. The SMILES string of the molecule is CCOc1cccc2sc(N(CCN3CCOCC3)C(=O)C3Oc4ccccc4OC3C)nc12. The van der Waals surface area contributed by atoms with E-state index in [4.69, 9.17) is 23.9 Å². The third kappa shape index (κ3) is 4.68. The molecule has 3 heterocycles. The minimum atomic E-state index is -0.766. The van der Waals surface area contributed by atoms with Crippen LogP contribution in [0.2, 0.25) is 0 Å². The van der Waals surface area contributed by atoms with Gasteiger partial charge in [0.25, 0.3) is 5.91 Å². The van der Waals surface area contributed by atoms with Crippen LogP contribution in [0.25, 0.3) is 10.2 Å². The minimum absolute atomic E-state index is 0.160. The van der Waals surface area contributed by atoms with Gasteiger partial charge < -0.3 is 18.9 Å². The third-order valence-corrected chi connectivity index (χ3v) is 7.04. The van der Waals surface area contributed by atoms with Gasteiger partial charge in [0.1, 0.15) is 17.4 Å². The summed E-state index contributed by atoms with van der Waals surface area (Å²) < 4.78 is 24.4. The highest BCUT2D eigenvalue weighted by atomic mass is 32.1. The van der Waals surface area contributed by atoms with Crippen LogP contribution in [0.15, 0.2) is 42.5 Å². The van der Waals surface area contributed by atoms with Crippen LogP contribution in [0, 0.1) is 0 Å². The molecule has 1 saturated heterocycles. The molecule has 0 aliphatic carbocycles. The van der Waals surface area contributed by atoms with E-state index in [1.54, 1.807) is 4.90 Å². The molecule has 2 aliphatic heterocycles. The lowest BCUT2D eigenvalue weighted by atomic mass is 10.1. The highest BCUT2D eigenvalue weighted by molar-refractivity contribution is 7.22. The molecule has 2 aromatic carbocycles. The molecule has 0 bridgehead atoms. The topological polar surface area (TPSA) is 73.4 Å². The Kier molecular flexibility index (Phi) is 6.85. The number of para-hydroxylation sites is 3. The summed E-state index contributed by atoms with van der Waals surface area (Å²) in [6.45, 7) is 8.70. The molecular weight excluding hydrogens is 454 g/mol. The second-order valence-corrected chi connectivity index (χ2v) is 9.29.